The zero-order valence-electron chi connectivity index (χ0n) is 31.0. The fourth-order valence-corrected chi connectivity index (χ4v) is 9.79. The second kappa shape index (κ2) is 13.0. The summed E-state index contributed by atoms with van der Waals surface area (Å²) < 4.78 is 10.6. The van der Waals surface area contributed by atoms with Crippen molar-refractivity contribution in [3.8, 4) is 55.6 Å². The van der Waals surface area contributed by atoms with E-state index in [4.69, 9.17) is 1.37 Å². The Morgan fingerprint density at radius 3 is 1.64 bits per heavy atom. The Labute approximate surface area is 325 Å². The summed E-state index contributed by atoms with van der Waals surface area (Å²) in [6.45, 7) is 0. The van der Waals surface area contributed by atoms with Crippen LogP contribution in [0.1, 0.15) is 1.37 Å². The lowest BCUT2D eigenvalue weighted by Gasteiger charge is -2.18. The maximum atomic E-state index is 8.00. The molecule has 0 atom stereocenters. The molecule has 11 rings (SSSR count). The molecule has 0 N–H and O–H groups in total. The van der Waals surface area contributed by atoms with Gasteiger partial charge in [-0.3, -0.25) is 0 Å². The molecule has 0 nitrogen and oxygen atoms in total. The molecule has 1 aromatic heterocycles. The Hall–Kier alpha value is -6.80. The van der Waals surface area contributed by atoms with Crippen LogP contribution >= 0.6 is 11.3 Å². The van der Waals surface area contributed by atoms with Crippen LogP contribution in [0.15, 0.2) is 206 Å². The number of thiophene rings is 1. The van der Waals surface area contributed by atoms with Gasteiger partial charge in [0.05, 0.1) is 1.37 Å². The van der Waals surface area contributed by atoms with Gasteiger partial charge in [-0.05, 0) is 113 Å². The molecule has 0 radical (unpaired) electrons. The van der Waals surface area contributed by atoms with Gasteiger partial charge in [0.25, 0.3) is 0 Å². The average molecular weight is 716 g/mol. The van der Waals surface area contributed by atoms with Gasteiger partial charge in [-0.15, -0.1) is 11.3 Å². The third kappa shape index (κ3) is 5.35. The lowest BCUT2D eigenvalue weighted by atomic mass is 9.85. The number of hydrogen-bond donors (Lipinski definition) is 0. The Bertz CT molecular complexity index is 3240. The number of benzene rings is 10. The van der Waals surface area contributed by atoms with Crippen molar-refractivity contribution in [1.29, 1.82) is 0 Å². The first-order chi connectivity index (χ1) is 27.7. The summed E-state index contributed by atoms with van der Waals surface area (Å²) in [6, 6.07) is 73.2. The van der Waals surface area contributed by atoms with Crippen molar-refractivity contribution >= 4 is 63.8 Å². The van der Waals surface area contributed by atoms with Crippen LogP contribution in [-0.4, -0.2) is 0 Å². The molecule has 0 saturated heterocycles. The van der Waals surface area contributed by atoms with Gasteiger partial charge in [-0.2, -0.15) is 0 Å². The highest BCUT2D eigenvalue weighted by molar-refractivity contribution is 7.26. The van der Waals surface area contributed by atoms with E-state index in [1.165, 1.54) is 97.4 Å². The Morgan fingerprint density at radius 2 is 0.891 bits per heavy atom. The van der Waals surface area contributed by atoms with Gasteiger partial charge in [0, 0.05) is 25.7 Å². The molecule has 0 saturated carbocycles. The smallest absolute Gasteiger partial charge is 0.0623 e. The third-order valence-corrected chi connectivity index (χ3v) is 12.4. The molecule has 0 aliphatic heterocycles. The van der Waals surface area contributed by atoms with Crippen LogP contribution in [0.25, 0.3) is 108 Å². The topological polar surface area (TPSA) is 0 Å². The molecule has 0 amide bonds. The fourth-order valence-electron chi connectivity index (χ4n) is 8.57. The summed E-state index contributed by atoms with van der Waals surface area (Å²) in [4.78, 5) is 0. The Morgan fingerprint density at radius 1 is 0.309 bits per heavy atom. The molecule has 0 bridgehead atoms. The normalized spacial score (nSPS) is 11.9. The summed E-state index contributed by atoms with van der Waals surface area (Å²) in [5.74, 6) is 0. The Balaban J connectivity index is 1.07. The predicted molar refractivity (Wildman–Crippen MR) is 239 cm³/mol. The molecule has 0 unspecified atom stereocenters. The largest absolute Gasteiger partial charge is 0.135 e. The Kier molecular flexibility index (Phi) is 7.21. The maximum Gasteiger partial charge on any atom is 0.0623 e. The third-order valence-electron chi connectivity index (χ3n) is 11.2. The highest BCUT2D eigenvalue weighted by Crippen LogP contribution is 2.46. The van der Waals surface area contributed by atoms with Crippen LogP contribution in [0.3, 0.4) is 0 Å². The summed E-state index contributed by atoms with van der Waals surface area (Å²) in [5.41, 5.74) is 12.2. The summed E-state index contributed by atoms with van der Waals surface area (Å²) in [5, 5.41) is 9.84. The highest BCUT2D eigenvalue weighted by Gasteiger charge is 2.18. The van der Waals surface area contributed by atoms with Gasteiger partial charge in [0.1, 0.15) is 0 Å². The van der Waals surface area contributed by atoms with E-state index >= 15 is 0 Å². The van der Waals surface area contributed by atoms with E-state index in [1.807, 2.05) is 29.5 Å². The molecular weight excluding hydrogens is 681 g/mol. The van der Waals surface area contributed by atoms with E-state index in [0.717, 1.165) is 10.8 Å². The van der Waals surface area contributed by atoms with E-state index in [-0.39, 0.29) is 0 Å². The summed E-state index contributed by atoms with van der Waals surface area (Å²) >= 11 is 1.88. The van der Waals surface area contributed by atoms with Gasteiger partial charge in [-0.1, -0.05) is 176 Å². The molecule has 0 aliphatic rings. The number of fused-ring (bicyclic) bond motifs is 6. The summed E-state index contributed by atoms with van der Waals surface area (Å²) in [6.07, 6.45) is 0. The van der Waals surface area contributed by atoms with E-state index < -0.39 is 0 Å². The van der Waals surface area contributed by atoms with Crippen LogP contribution in [0, 0.1) is 0 Å². The van der Waals surface area contributed by atoms with Crippen molar-refractivity contribution in [3.63, 3.8) is 0 Å². The van der Waals surface area contributed by atoms with Crippen LogP contribution < -0.4 is 0 Å². The molecule has 0 spiro atoms. The quantitative estimate of drug-likeness (QED) is 0.156. The fraction of sp³-hybridized carbons (Fsp3) is 0. The molecule has 55 heavy (non-hydrogen) atoms. The second-order valence-electron chi connectivity index (χ2n) is 14.4. The SMILES string of the molecule is [2H]c1ccc2cc(-c3ccc(-c4c5ccccc5c(-c5cccc(-c6cc(-c7ccccc7)c7sc8ccccc8c7c6)c5)c5ccccc45)cc3)ccc2c1. The lowest BCUT2D eigenvalue weighted by Crippen LogP contribution is -1.91. The molecule has 256 valence electrons. The second-order valence-corrected chi connectivity index (χ2v) is 15.4. The minimum Gasteiger partial charge on any atom is -0.135 e. The molecule has 1 heterocycles. The molecule has 10 aromatic carbocycles. The summed E-state index contributed by atoms with van der Waals surface area (Å²) in [7, 11) is 0. The first-order valence-electron chi connectivity index (χ1n) is 19.3. The zero-order valence-corrected chi connectivity index (χ0v) is 30.8. The highest BCUT2D eigenvalue weighted by atomic mass is 32.1. The van der Waals surface area contributed by atoms with Crippen molar-refractivity contribution < 1.29 is 1.37 Å². The van der Waals surface area contributed by atoms with Gasteiger partial charge in [0.2, 0.25) is 0 Å². The zero-order chi connectivity index (χ0) is 37.2. The van der Waals surface area contributed by atoms with Gasteiger partial charge in [0.15, 0.2) is 0 Å². The van der Waals surface area contributed by atoms with E-state index in [9.17, 15) is 0 Å². The van der Waals surface area contributed by atoms with Gasteiger partial charge < -0.3 is 0 Å². The minimum absolute atomic E-state index is 0.537. The van der Waals surface area contributed by atoms with E-state index in [0.29, 0.717) is 6.04 Å². The van der Waals surface area contributed by atoms with Crippen molar-refractivity contribution in [1.82, 2.24) is 0 Å². The monoisotopic (exact) mass is 715 g/mol. The molecule has 0 aliphatic carbocycles. The van der Waals surface area contributed by atoms with Crippen LogP contribution in [0.2, 0.25) is 0 Å². The molecule has 11 aromatic rings. The molecular formula is C54H34S. The molecule has 0 fully saturated rings. The first-order valence-corrected chi connectivity index (χ1v) is 19.6. The van der Waals surface area contributed by atoms with Crippen molar-refractivity contribution in [3.05, 3.63) is 206 Å². The van der Waals surface area contributed by atoms with Crippen LogP contribution in [0.5, 0.6) is 0 Å². The average Bonchev–Trinajstić information content (AvgIpc) is 3.64. The van der Waals surface area contributed by atoms with E-state index in [2.05, 4.69) is 182 Å². The predicted octanol–water partition coefficient (Wildman–Crippen LogP) is 15.8. The van der Waals surface area contributed by atoms with Crippen LogP contribution in [0.4, 0.5) is 0 Å². The van der Waals surface area contributed by atoms with E-state index in [1.54, 1.807) is 0 Å². The van der Waals surface area contributed by atoms with Crippen LogP contribution in [-0.2, 0) is 0 Å². The maximum absolute atomic E-state index is 8.00. The van der Waals surface area contributed by atoms with Crippen molar-refractivity contribution in [2.75, 3.05) is 0 Å². The molecule has 1 heteroatoms. The van der Waals surface area contributed by atoms with Gasteiger partial charge >= 0.3 is 0 Å². The minimum atomic E-state index is 0.537. The lowest BCUT2D eigenvalue weighted by molar-refractivity contribution is 1.61. The van der Waals surface area contributed by atoms with Crippen molar-refractivity contribution in [2.45, 2.75) is 0 Å². The standard InChI is InChI=1S/C54H34S/c1-2-14-37(15-3-1)49-33-43(34-50-44-19-10-11-24-51(44)55-54(49)50)40-17-12-18-42(32-40)53-47-22-8-6-20-45(47)52(46-21-7-9-23-48(46)53)38-28-25-36(26-29-38)41-30-27-35-13-4-5-16-39(35)31-41/h1-34H/i4D. The number of hydrogen-bond acceptors (Lipinski definition) is 1. The van der Waals surface area contributed by atoms with Crippen molar-refractivity contribution in [2.24, 2.45) is 0 Å². The first kappa shape index (κ1) is 30.6. The van der Waals surface area contributed by atoms with Gasteiger partial charge in [-0.25, -0.2) is 0 Å². The number of rotatable bonds is 5.